The van der Waals surface area contributed by atoms with Crippen LogP contribution < -0.4 is 0 Å². The van der Waals surface area contributed by atoms with E-state index in [1.54, 1.807) is 51.4 Å². The summed E-state index contributed by atoms with van der Waals surface area (Å²) >= 11 is 0. The van der Waals surface area contributed by atoms with E-state index in [0.29, 0.717) is 11.8 Å². The predicted octanol–water partition coefficient (Wildman–Crippen LogP) is 1.13. The third-order valence-corrected chi connectivity index (χ3v) is 2.17. The van der Waals surface area contributed by atoms with Crippen LogP contribution in [-0.2, 0) is 38.5 Å². The van der Waals surface area contributed by atoms with E-state index in [-0.39, 0.29) is 31.4 Å². The second kappa shape index (κ2) is 10.4. The van der Waals surface area contributed by atoms with Gasteiger partial charge in [0.2, 0.25) is 0 Å². The van der Waals surface area contributed by atoms with Crippen molar-refractivity contribution >= 4 is 11.9 Å². The summed E-state index contributed by atoms with van der Waals surface area (Å²) in [5.41, 5.74) is 0. The van der Waals surface area contributed by atoms with Gasteiger partial charge in [0.05, 0.1) is 26.1 Å². The van der Waals surface area contributed by atoms with Gasteiger partial charge >= 0.3 is 31.4 Å². The third kappa shape index (κ3) is 6.51. The molecule has 2 aliphatic rings. The van der Waals surface area contributed by atoms with Gasteiger partial charge in [-0.3, -0.25) is 9.59 Å². The summed E-state index contributed by atoms with van der Waals surface area (Å²) in [6.07, 6.45) is 14.0. The Kier molecular flexibility index (Phi) is 10.1. The van der Waals surface area contributed by atoms with Crippen LogP contribution in [0.4, 0.5) is 0 Å². The molecule has 0 atom stereocenters. The number of hydrogen-bond acceptors (Lipinski definition) is 4. The smallest absolute Gasteiger partial charge is 0.469 e. The molecule has 0 aliphatic heterocycles. The molecule has 0 aromatic carbocycles. The number of esters is 2. The van der Waals surface area contributed by atoms with E-state index in [1.807, 2.05) is 0 Å². The molecule has 100 valence electrons. The van der Waals surface area contributed by atoms with E-state index < -0.39 is 0 Å². The van der Waals surface area contributed by atoms with Crippen LogP contribution in [0.1, 0.15) is 0 Å². The van der Waals surface area contributed by atoms with Gasteiger partial charge in [0.25, 0.3) is 0 Å². The van der Waals surface area contributed by atoms with E-state index in [9.17, 15) is 9.59 Å². The average Bonchev–Trinajstić information content (AvgIpc) is 3.09. The number of ether oxygens (including phenoxy) is 2. The van der Waals surface area contributed by atoms with Crippen LogP contribution in [-0.4, -0.2) is 26.2 Å². The van der Waals surface area contributed by atoms with Crippen molar-refractivity contribution in [2.45, 2.75) is 0 Å². The normalized spacial score (nSPS) is 19.1. The molecule has 2 saturated carbocycles. The Morgan fingerprint density at radius 3 is 1.21 bits per heavy atom. The molecule has 2 rings (SSSR count). The molecule has 0 N–H and O–H groups in total. The Morgan fingerprint density at radius 2 is 1.00 bits per heavy atom. The van der Waals surface area contributed by atoms with Gasteiger partial charge in [-0.2, -0.15) is 0 Å². The largest absolute Gasteiger partial charge is 2.00 e. The zero-order chi connectivity index (χ0) is 13.4. The van der Waals surface area contributed by atoms with Crippen molar-refractivity contribution in [1.29, 1.82) is 0 Å². The standard InChI is InChI=1S/2C7H7O2.Ru/c2*1-9-7(8)6-4-2-3-5-6;/h2*2-5H,1H3;/q;;+2. The summed E-state index contributed by atoms with van der Waals surface area (Å²) < 4.78 is 8.91. The van der Waals surface area contributed by atoms with Gasteiger partial charge in [0.15, 0.2) is 0 Å². The summed E-state index contributed by atoms with van der Waals surface area (Å²) in [7, 11) is 2.74. The van der Waals surface area contributed by atoms with Crippen LogP contribution in [0.2, 0.25) is 0 Å². The maximum atomic E-state index is 10.7. The number of carbonyl (C=O) groups is 2. The second-order valence-electron chi connectivity index (χ2n) is 3.33. The predicted molar refractivity (Wildman–Crippen MR) is 64.9 cm³/mol. The Bertz CT molecular complexity index is 241. The fourth-order valence-corrected chi connectivity index (χ4v) is 1.26. The van der Waals surface area contributed by atoms with Gasteiger partial charge in [-0.25, -0.2) is 0 Å². The van der Waals surface area contributed by atoms with E-state index in [2.05, 4.69) is 9.47 Å². The molecule has 5 heteroatoms. The van der Waals surface area contributed by atoms with Crippen LogP contribution in [0.3, 0.4) is 0 Å². The first-order valence-electron chi connectivity index (χ1n) is 5.29. The molecular formula is C14H14O4Ru+2. The van der Waals surface area contributed by atoms with Crippen molar-refractivity contribution in [2.24, 2.45) is 0 Å². The van der Waals surface area contributed by atoms with Crippen LogP contribution in [0.25, 0.3) is 0 Å². The van der Waals surface area contributed by atoms with Crippen LogP contribution in [0, 0.1) is 63.2 Å². The van der Waals surface area contributed by atoms with Gasteiger partial charge in [0.1, 0.15) is 0 Å². The summed E-state index contributed by atoms with van der Waals surface area (Å²) in [5, 5.41) is 0. The molecule has 0 saturated heterocycles. The van der Waals surface area contributed by atoms with E-state index >= 15 is 0 Å². The van der Waals surface area contributed by atoms with Gasteiger partial charge in [-0.15, -0.1) is 0 Å². The topological polar surface area (TPSA) is 52.6 Å². The fraction of sp³-hybridized carbons (Fsp3) is 0.143. The van der Waals surface area contributed by atoms with Gasteiger partial charge < -0.3 is 9.47 Å². The first-order chi connectivity index (χ1) is 8.69. The summed E-state index contributed by atoms with van der Waals surface area (Å²) in [5.74, 6) is 0.662. The molecule has 0 aromatic heterocycles. The number of rotatable bonds is 2. The van der Waals surface area contributed by atoms with Crippen molar-refractivity contribution < 1.29 is 38.5 Å². The van der Waals surface area contributed by atoms with Crippen LogP contribution >= 0.6 is 0 Å². The van der Waals surface area contributed by atoms with Crippen molar-refractivity contribution in [3.05, 3.63) is 63.2 Å². The van der Waals surface area contributed by atoms with Crippen molar-refractivity contribution in [3.8, 4) is 0 Å². The minimum absolute atomic E-state index is 0. The number of methoxy groups -OCH3 is 2. The second-order valence-corrected chi connectivity index (χ2v) is 3.33. The van der Waals surface area contributed by atoms with Crippen LogP contribution in [0.5, 0.6) is 0 Å². The Hall–Kier alpha value is -0.437. The molecule has 19 heavy (non-hydrogen) atoms. The molecular weight excluding hydrogens is 333 g/mol. The molecule has 10 radical (unpaired) electrons. The summed E-state index contributed by atoms with van der Waals surface area (Å²) in [6, 6.07) is 0. The summed E-state index contributed by atoms with van der Waals surface area (Å²) in [4.78, 5) is 21.3. The first-order valence-corrected chi connectivity index (χ1v) is 5.29. The molecule has 2 aliphatic carbocycles. The minimum atomic E-state index is -0.278. The molecule has 0 heterocycles. The summed E-state index contributed by atoms with van der Waals surface area (Å²) in [6.45, 7) is 0. The average molecular weight is 347 g/mol. The molecule has 0 spiro atoms. The zero-order valence-electron chi connectivity index (χ0n) is 10.6. The van der Waals surface area contributed by atoms with E-state index in [0.717, 1.165) is 0 Å². The van der Waals surface area contributed by atoms with E-state index in [1.165, 1.54) is 14.2 Å². The minimum Gasteiger partial charge on any atom is -0.469 e. The Labute approximate surface area is 128 Å². The van der Waals surface area contributed by atoms with Crippen molar-refractivity contribution in [2.75, 3.05) is 14.2 Å². The molecule has 0 bridgehead atoms. The van der Waals surface area contributed by atoms with Crippen LogP contribution in [0.15, 0.2) is 0 Å². The Morgan fingerprint density at radius 1 is 0.737 bits per heavy atom. The van der Waals surface area contributed by atoms with Gasteiger partial charge in [0, 0.05) is 0 Å². The maximum absolute atomic E-state index is 10.7. The van der Waals surface area contributed by atoms with Gasteiger partial charge in [-0.05, 0) is 51.4 Å². The molecule has 0 aromatic rings. The van der Waals surface area contributed by atoms with Crippen molar-refractivity contribution in [1.82, 2.24) is 0 Å². The molecule has 0 unspecified atom stereocenters. The fourth-order valence-electron chi connectivity index (χ4n) is 1.26. The maximum Gasteiger partial charge on any atom is 2.00 e. The zero-order valence-corrected chi connectivity index (χ0v) is 12.3. The van der Waals surface area contributed by atoms with Gasteiger partial charge in [-0.1, -0.05) is 0 Å². The molecule has 4 nitrogen and oxygen atoms in total. The molecule has 2 fully saturated rings. The Balaban J connectivity index is 0.000000324. The van der Waals surface area contributed by atoms with E-state index in [4.69, 9.17) is 0 Å². The SMILES string of the molecule is COC(=O)[C]1[CH][CH][CH][CH]1.COC(=O)[C]1[CH][CH][CH][CH]1.[Ru+2]. The van der Waals surface area contributed by atoms with Crippen molar-refractivity contribution in [3.63, 3.8) is 0 Å². The number of carbonyl (C=O) groups excluding carboxylic acids is 2. The molecule has 0 amide bonds. The first kappa shape index (κ1) is 18.6. The quantitative estimate of drug-likeness (QED) is 0.555. The monoisotopic (exact) mass is 348 g/mol. The third-order valence-electron chi connectivity index (χ3n) is 2.17. The number of hydrogen-bond donors (Lipinski definition) is 0.